The molecule has 1 saturated carbocycles. The minimum Gasteiger partial charge on any atom is -0.378 e. The zero-order chi connectivity index (χ0) is 13.4. The van der Waals surface area contributed by atoms with E-state index in [1.54, 1.807) is 0 Å². The fraction of sp³-hybridized carbons (Fsp3) is 1.00. The Hall–Kier alpha value is -0.0800. The fourth-order valence-corrected chi connectivity index (χ4v) is 3.21. The van der Waals surface area contributed by atoms with Crippen LogP contribution in [0.5, 0.6) is 0 Å². The normalized spacial score (nSPS) is 28.8. The molecule has 0 spiro atoms. The molecule has 18 heavy (non-hydrogen) atoms. The van der Waals surface area contributed by atoms with Crippen LogP contribution >= 0.6 is 0 Å². The zero-order valence-electron chi connectivity index (χ0n) is 12.9. The number of nitrogens with one attached hydrogen (secondary N) is 1. The minimum atomic E-state index is 0.372. The smallest absolute Gasteiger partial charge is 0.0519 e. The van der Waals surface area contributed by atoms with Gasteiger partial charge >= 0.3 is 0 Å². The summed E-state index contributed by atoms with van der Waals surface area (Å²) in [6.07, 6.45) is 7.32. The Bertz CT molecular complexity index is 205. The summed E-state index contributed by atoms with van der Waals surface area (Å²) in [7, 11) is 0. The van der Waals surface area contributed by atoms with Gasteiger partial charge in [-0.1, -0.05) is 33.1 Å². The third kappa shape index (κ3) is 5.71. The topological polar surface area (TPSA) is 21.3 Å². The van der Waals surface area contributed by atoms with Gasteiger partial charge in [0.1, 0.15) is 0 Å². The lowest BCUT2D eigenvalue weighted by molar-refractivity contribution is 0.0117. The van der Waals surface area contributed by atoms with Crippen molar-refractivity contribution >= 4 is 0 Å². The molecule has 0 aliphatic heterocycles. The van der Waals surface area contributed by atoms with E-state index in [1.807, 2.05) is 0 Å². The van der Waals surface area contributed by atoms with Gasteiger partial charge in [-0.15, -0.1) is 0 Å². The maximum atomic E-state index is 5.89. The predicted octanol–water partition coefficient (Wildman–Crippen LogP) is 3.85. The molecule has 0 aromatic carbocycles. The summed E-state index contributed by atoms with van der Waals surface area (Å²) >= 11 is 0. The summed E-state index contributed by atoms with van der Waals surface area (Å²) < 4.78 is 5.89. The van der Waals surface area contributed by atoms with Crippen LogP contribution in [-0.4, -0.2) is 25.8 Å². The van der Waals surface area contributed by atoms with Gasteiger partial charge in [-0.2, -0.15) is 0 Å². The molecular weight excluding hydrogens is 222 g/mol. The largest absolute Gasteiger partial charge is 0.378 e. The number of rotatable bonds is 8. The second kappa shape index (κ2) is 8.92. The molecule has 0 aromatic rings. The van der Waals surface area contributed by atoms with Crippen molar-refractivity contribution in [2.45, 2.75) is 65.9 Å². The molecule has 3 unspecified atom stereocenters. The first-order chi connectivity index (χ1) is 8.67. The van der Waals surface area contributed by atoms with Crippen LogP contribution in [0.15, 0.2) is 0 Å². The maximum Gasteiger partial charge on any atom is 0.0519 e. The van der Waals surface area contributed by atoms with E-state index in [1.165, 1.54) is 38.6 Å². The highest BCUT2D eigenvalue weighted by molar-refractivity contribution is 4.81. The van der Waals surface area contributed by atoms with Gasteiger partial charge in [0.05, 0.1) is 12.7 Å². The van der Waals surface area contributed by atoms with Gasteiger partial charge in [-0.05, 0) is 57.5 Å². The lowest BCUT2D eigenvalue weighted by Crippen LogP contribution is -2.36. The highest BCUT2D eigenvalue weighted by atomic mass is 16.5. The fourth-order valence-electron chi connectivity index (χ4n) is 3.21. The Morgan fingerprint density at radius 2 is 1.94 bits per heavy atom. The van der Waals surface area contributed by atoms with E-state index in [9.17, 15) is 0 Å². The van der Waals surface area contributed by atoms with Crippen molar-refractivity contribution in [2.24, 2.45) is 17.8 Å². The third-order valence-electron chi connectivity index (χ3n) is 4.25. The Morgan fingerprint density at radius 3 is 2.56 bits per heavy atom. The molecule has 1 rings (SSSR count). The first kappa shape index (κ1) is 16.0. The molecular formula is C16H33NO. The Balaban J connectivity index is 2.43. The summed E-state index contributed by atoms with van der Waals surface area (Å²) in [5.41, 5.74) is 0. The van der Waals surface area contributed by atoms with E-state index < -0.39 is 0 Å². The Morgan fingerprint density at radius 1 is 1.17 bits per heavy atom. The van der Waals surface area contributed by atoms with Gasteiger partial charge < -0.3 is 10.1 Å². The monoisotopic (exact) mass is 255 g/mol. The lowest BCUT2D eigenvalue weighted by Gasteiger charge is -2.36. The molecule has 1 aliphatic rings. The van der Waals surface area contributed by atoms with Gasteiger partial charge in [0.15, 0.2) is 0 Å². The molecule has 0 radical (unpaired) electrons. The molecule has 1 N–H and O–H groups in total. The molecule has 2 nitrogen and oxygen atoms in total. The molecule has 0 aromatic heterocycles. The summed E-state index contributed by atoms with van der Waals surface area (Å²) in [6.45, 7) is 12.0. The van der Waals surface area contributed by atoms with E-state index in [0.717, 1.165) is 30.9 Å². The highest BCUT2D eigenvalue weighted by Gasteiger charge is 2.30. The Labute approximate surface area is 114 Å². The molecule has 3 atom stereocenters. The predicted molar refractivity (Wildman–Crippen MR) is 78.9 cm³/mol. The first-order valence-corrected chi connectivity index (χ1v) is 7.99. The second-order valence-electron chi connectivity index (χ2n) is 6.18. The summed E-state index contributed by atoms with van der Waals surface area (Å²) in [4.78, 5) is 0. The van der Waals surface area contributed by atoms with Gasteiger partial charge in [0.25, 0.3) is 0 Å². The van der Waals surface area contributed by atoms with E-state index in [-0.39, 0.29) is 0 Å². The summed E-state index contributed by atoms with van der Waals surface area (Å²) in [5, 5.41) is 3.53. The van der Waals surface area contributed by atoms with Gasteiger partial charge in [-0.3, -0.25) is 0 Å². The summed E-state index contributed by atoms with van der Waals surface area (Å²) in [5.74, 6) is 2.56. The van der Waals surface area contributed by atoms with Crippen molar-refractivity contribution in [1.29, 1.82) is 0 Å². The van der Waals surface area contributed by atoms with Crippen molar-refractivity contribution in [1.82, 2.24) is 5.32 Å². The van der Waals surface area contributed by atoms with Crippen molar-refractivity contribution in [2.75, 3.05) is 19.7 Å². The van der Waals surface area contributed by atoms with Crippen LogP contribution in [0.3, 0.4) is 0 Å². The maximum absolute atomic E-state index is 5.89. The van der Waals surface area contributed by atoms with Crippen LogP contribution < -0.4 is 5.32 Å². The van der Waals surface area contributed by atoms with E-state index in [0.29, 0.717) is 6.10 Å². The minimum absolute atomic E-state index is 0.372. The Kier molecular flexibility index (Phi) is 7.92. The molecule has 0 bridgehead atoms. The van der Waals surface area contributed by atoms with Crippen molar-refractivity contribution in [3.05, 3.63) is 0 Å². The molecule has 1 fully saturated rings. The SMILES string of the molecule is CCCC1CCC(CNCC)C(COC(C)C)C1. The summed E-state index contributed by atoms with van der Waals surface area (Å²) in [6, 6.07) is 0. The molecule has 2 heteroatoms. The van der Waals surface area contributed by atoms with E-state index >= 15 is 0 Å². The van der Waals surface area contributed by atoms with E-state index in [4.69, 9.17) is 4.74 Å². The lowest BCUT2D eigenvalue weighted by atomic mass is 9.73. The van der Waals surface area contributed by atoms with Crippen molar-refractivity contribution in [3.8, 4) is 0 Å². The van der Waals surface area contributed by atoms with Crippen LogP contribution in [0, 0.1) is 17.8 Å². The van der Waals surface area contributed by atoms with Gasteiger partial charge in [0.2, 0.25) is 0 Å². The molecule has 0 heterocycles. The zero-order valence-corrected chi connectivity index (χ0v) is 12.9. The molecule has 0 amide bonds. The van der Waals surface area contributed by atoms with Crippen LogP contribution in [0.25, 0.3) is 0 Å². The quantitative estimate of drug-likeness (QED) is 0.711. The standard InChI is InChI=1S/C16H33NO/c1-5-7-14-8-9-15(11-17-6-2)16(10-14)12-18-13(3)4/h13-17H,5-12H2,1-4H3. The average Bonchev–Trinajstić information content (AvgIpc) is 2.35. The van der Waals surface area contributed by atoms with Gasteiger partial charge in [-0.25, -0.2) is 0 Å². The van der Waals surface area contributed by atoms with Crippen molar-refractivity contribution in [3.63, 3.8) is 0 Å². The van der Waals surface area contributed by atoms with Crippen LogP contribution in [0.1, 0.15) is 59.8 Å². The van der Waals surface area contributed by atoms with Crippen LogP contribution in [0.2, 0.25) is 0 Å². The van der Waals surface area contributed by atoms with Crippen LogP contribution in [-0.2, 0) is 4.74 Å². The van der Waals surface area contributed by atoms with Crippen molar-refractivity contribution < 1.29 is 4.74 Å². The third-order valence-corrected chi connectivity index (χ3v) is 4.25. The van der Waals surface area contributed by atoms with Gasteiger partial charge in [0, 0.05) is 0 Å². The van der Waals surface area contributed by atoms with E-state index in [2.05, 4.69) is 33.0 Å². The molecule has 1 aliphatic carbocycles. The number of hydrogen-bond donors (Lipinski definition) is 1. The second-order valence-corrected chi connectivity index (χ2v) is 6.18. The van der Waals surface area contributed by atoms with Crippen LogP contribution in [0.4, 0.5) is 0 Å². The average molecular weight is 255 g/mol. The first-order valence-electron chi connectivity index (χ1n) is 7.99. The highest BCUT2D eigenvalue weighted by Crippen LogP contribution is 2.36. The number of hydrogen-bond acceptors (Lipinski definition) is 2. The molecule has 108 valence electrons. The number of ether oxygens (including phenoxy) is 1. The molecule has 0 saturated heterocycles.